The van der Waals surface area contributed by atoms with Crippen molar-refractivity contribution in [1.29, 1.82) is 0 Å². The molecule has 1 aliphatic rings. The Morgan fingerprint density at radius 1 is 0.915 bits per heavy atom. The molecular formula is C35H27F5N4O3. The Morgan fingerprint density at radius 2 is 1.66 bits per heavy atom. The lowest BCUT2D eigenvalue weighted by Gasteiger charge is -2.31. The average Bonchev–Trinajstić information content (AvgIpc) is 3.46. The van der Waals surface area contributed by atoms with Crippen molar-refractivity contribution in [1.82, 2.24) is 15.2 Å². The molecule has 47 heavy (non-hydrogen) atoms. The maximum absolute atomic E-state index is 15.6. The predicted molar refractivity (Wildman–Crippen MR) is 167 cm³/mol. The van der Waals surface area contributed by atoms with Crippen molar-refractivity contribution in [2.24, 2.45) is 0 Å². The highest BCUT2D eigenvalue weighted by Gasteiger charge is 2.36. The fourth-order valence-corrected chi connectivity index (χ4v) is 5.38. The van der Waals surface area contributed by atoms with Crippen LogP contribution in [0.15, 0.2) is 83.4 Å². The highest BCUT2D eigenvalue weighted by Crippen LogP contribution is 2.38. The number of hydrogen-bond acceptors (Lipinski definition) is 5. The van der Waals surface area contributed by atoms with E-state index in [9.17, 15) is 22.8 Å². The van der Waals surface area contributed by atoms with Crippen LogP contribution in [0.1, 0.15) is 34.5 Å². The van der Waals surface area contributed by atoms with E-state index in [0.29, 0.717) is 28.1 Å². The Bertz CT molecular complexity index is 2010. The molecule has 0 bridgehead atoms. The number of anilines is 1. The number of carbonyl (C=O) groups excluding carboxylic acids is 2. The van der Waals surface area contributed by atoms with Crippen LogP contribution in [0, 0.1) is 17.5 Å². The van der Waals surface area contributed by atoms with Gasteiger partial charge in [-0.2, -0.15) is 0 Å². The number of pyridine rings is 1. The molecule has 240 valence electrons. The number of fused-ring (bicyclic) bond motifs is 1. The summed E-state index contributed by atoms with van der Waals surface area (Å²) < 4.78 is 77.5. The molecule has 1 aliphatic heterocycles. The van der Waals surface area contributed by atoms with E-state index in [4.69, 9.17) is 10.2 Å². The lowest BCUT2D eigenvalue weighted by Crippen LogP contribution is -2.42. The van der Waals surface area contributed by atoms with E-state index in [-0.39, 0.29) is 47.5 Å². The third-order valence-electron chi connectivity index (χ3n) is 7.87. The third-order valence-corrected chi connectivity index (χ3v) is 7.87. The number of rotatable bonds is 7. The fourth-order valence-electron chi connectivity index (χ4n) is 5.38. The second-order valence-electron chi connectivity index (χ2n) is 11.2. The summed E-state index contributed by atoms with van der Waals surface area (Å²) in [5.41, 5.74) is 7.06. The van der Waals surface area contributed by atoms with Gasteiger partial charge in [0.25, 0.3) is 11.8 Å². The van der Waals surface area contributed by atoms with Gasteiger partial charge in [-0.1, -0.05) is 6.07 Å². The van der Waals surface area contributed by atoms with Crippen LogP contribution in [-0.4, -0.2) is 40.7 Å². The largest absolute Gasteiger partial charge is 0.459 e. The molecular weight excluding hydrogens is 619 g/mol. The third kappa shape index (κ3) is 7.01. The van der Waals surface area contributed by atoms with Gasteiger partial charge in [-0.05, 0) is 71.8 Å². The first-order valence-electron chi connectivity index (χ1n) is 14.6. The van der Waals surface area contributed by atoms with Gasteiger partial charge in [0.2, 0.25) is 5.91 Å². The maximum Gasteiger partial charge on any atom is 0.253 e. The quantitative estimate of drug-likeness (QED) is 0.142. The number of nitrogens with two attached hydrogens (primary N) is 1. The van der Waals surface area contributed by atoms with Crippen molar-refractivity contribution in [2.75, 3.05) is 18.8 Å². The first-order chi connectivity index (χ1) is 22.5. The molecule has 5 aromatic rings. The van der Waals surface area contributed by atoms with Crippen LogP contribution in [0.3, 0.4) is 0 Å². The number of likely N-dealkylation sites (tertiary alicyclic amines) is 1. The number of nitrogens with zero attached hydrogens (tertiary/aromatic N) is 2. The van der Waals surface area contributed by atoms with Crippen LogP contribution in [-0.2, 0) is 11.3 Å². The molecule has 2 amide bonds. The van der Waals surface area contributed by atoms with Crippen LogP contribution in [0.5, 0.6) is 0 Å². The smallest absolute Gasteiger partial charge is 0.253 e. The number of halogens is 5. The lowest BCUT2D eigenvalue weighted by atomic mass is 9.95. The van der Waals surface area contributed by atoms with Crippen molar-refractivity contribution in [2.45, 2.75) is 25.3 Å². The first kappa shape index (κ1) is 31.5. The Hall–Kier alpha value is -5.52. The van der Waals surface area contributed by atoms with E-state index in [1.807, 2.05) is 0 Å². The van der Waals surface area contributed by atoms with Gasteiger partial charge in [-0.3, -0.25) is 9.59 Å². The summed E-state index contributed by atoms with van der Waals surface area (Å²) in [7, 11) is 0. The van der Waals surface area contributed by atoms with Gasteiger partial charge in [0.05, 0.1) is 6.54 Å². The second kappa shape index (κ2) is 12.7. The molecule has 0 saturated carbocycles. The van der Waals surface area contributed by atoms with Gasteiger partial charge in [0.15, 0.2) is 0 Å². The number of alkyl halides is 2. The molecule has 0 radical (unpaired) electrons. The topological polar surface area (TPSA) is 101 Å². The zero-order chi connectivity index (χ0) is 33.3. The summed E-state index contributed by atoms with van der Waals surface area (Å²) in [6.07, 6.45) is 3.46. The highest BCUT2D eigenvalue weighted by molar-refractivity contribution is 5.98. The summed E-state index contributed by atoms with van der Waals surface area (Å²) in [5.74, 6) is -5.58. The number of nitrogens with one attached hydrogen (secondary N) is 1. The number of nitrogen functional groups attached to an aromatic ring is 1. The van der Waals surface area contributed by atoms with Crippen LogP contribution >= 0.6 is 0 Å². The van der Waals surface area contributed by atoms with Crippen LogP contribution < -0.4 is 11.1 Å². The molecule has 0 unspecified atom stereocenters. The zero-order valence-corrected chi connectivity index (χ0v) is 24.7. The number of carbonyl (C=O) groups is 2. The number of aromatic nitrogens is 1. The minimum atomic E-state index is -2.84. The molecule has 1 fully saturated rings. The summed E-state index contributed by atoms with van der Waals surface area (Å²) in [6, 6.07) is 14.9. The molecule has 3 aromatic carbocycles. The maximum atomic E-state index is 15.6. The van der Waals surface area contributed by atoms with Crippen molar-refractivity contribution in [3.63, 3.8) is 0 Å². The number of benzene rings is 3. The molecule has 12 heteroatoms. The summed E-state index contributed by atoms with van der Waals surface area (Å²) in [5, 5.41) is 3.14. The van der Waals surface area contributed by atoms with E-state index in [1.54, 1.807) is 30.3 Å². The van der Waals surface area contributed by atoms with Crippen molar-refractivity contribution in [3.05, 3.63) is 113 Å². The standard InChI is InChI=1S/C35H27F5N4O3/c36-24-4-6-27(30(38)17-24)28-15-22(26-5-3-21(16-29(26)37)34(46)44-11-9-35(39,40)10-12-44)13-23-14-25(47-33(23)28)19-43-32(45)8-2-20-1-7-31(41)42-18-20/h1-8,13-18H,9-12,19H2,(H2,41,42)(H,43,45)/b8-2+. The second-order valence-corrected chi connectivity index (χ2v) is 11.2. The zero-order valence-electron chi connectivity index (χ0n) is 24.7. The van der Waals surface area contributed by atoms with Gasteiger partial charge >= 0.3 is 0 Å². The fraction of sp³-hybridized carbons (Fsp3) is 0.171. The summed E-state index contributed by atoms with van der Waals surface area (Å²) >= 11 is 0. The first-order valence-corrected chi connectivity index (χ1v) is 14.6. The van der Waals surface area contributed by atoms with Gasteiger partial charge < -0.3 is 20.4 Å². The number of hydrogen-bond donors (Lipinski definition) is 2. The van der Waals surface area contributed by atoms with Gasteiger partial charge in [-0.15, -0.1) is 0 Å². The molecule has 0 spiro atoms. The van der Waals surface area contributed by atoms with E-state index in [1.165, 1.54) is 41.4 Å². The van der Waals surface area contributed by atoms with E-state index in [0.717, 1.165) is 18.2 Å². The molecule has 0 aliphatic carbocycles. The monoisotopic (exact) mass is 646 g/mol. The van der Waals surface area contributed by atoms with E-state index in [2.05, 4.69) is 10.3 Å². The van der Waals surface area contributed by atoms with Gasteiger partial charge in [0, 0.05) is 71.9 Å². The number of furan rings is 1. The Kier molecular flexibility index (Phi) is 8.50. The Morgan fingerprint density at radius 3 is 2.36 bits per heavy atom. The van der Waals surface area contributed by atoms with Crippen molar-refractivity contribution < 1.29 is 36.0 Å². The Labute approximate surface area is 265 Å². The Balaban J connectivity index is 1.30. The molecule has 2 aromatic heterocycles. The minimum Gasteiger partial charge on any atom is -0.459 e. The van der Waals surface area contributed by atoms with Crippen LogP contribution in [0.25, 0.3) is 39.3 Å². The summed E-state index contributed by atoms with van der Waals surface area (Å²) in [4.78, 5) is 30.6. The average molecular weight is 647 g/mol. The van der Waals surface area contributed by atoms with Gasteiger partial charge in [0.1, 0.15) is 34.6 Å². The number of piperidine rings is 1. The highest BCUT2D eigenvalue weighted by atomic mass is 19.3. The molecule has 1 saturated heterocycles. The summed E-state index contributed by atoms with van der Waals surface area (Å²) in [6.45, 7) is -0.317. The number of amides is 2. The molecule has 0 atom stereocenters. The van der Waals surface area contributed by atoms with E-state index < -0.39 is 48.0 Å². The molecule has 6 rings (SSSR count). The predicted octanol–water partition coefficient (Wildman–Crippen LogP) is 7.36. The SMILES string of the molecule is Nc1ccc(/C=C/C(=O)NCc2cc3cc(-c4ccc(C(=O)N5CCC(F)(F)CC5)cc4F)cc(-c4ccc(F)cc4F)c3o2)cn1. The molecule has 3 heterocycles. The van der Waals surface area contributed by atoms with Crippen LogP contribution in [0.4, 0.5) is 27.8 Å². The minimum absolute atomic E-state index is 0.00247. The lowest BCUT2D eigenvalue weighted by molar-refractivity contribution is -0.116. The van der Waals surface area contributed by atoms with Crippen LogP contribution in [0.2, 0.25) is 0 Å². The van der Waals surface area contributed by atoms with Crippen molar-refractivity contribution in [3.8, 4) is 22.3 Å². The van der Waals surface area contributed by atoms with Crippen molar-refractivity contribution >= 4 is 34.7 Å². The molecule has 7 nitrogen and oxygen atoms in total. The van der Waals surface area contributed by atoms with Gasteiger partial charge in [-0.25, -0.2) is 26.9 Å². The molecule has 3 N–H and O–H groups in total. The normalized spacial score (nSPS) is 14.5. The van der Waals surface area contributed by atoms with E-state index >= 15 is 8.78 Å².